The molecule has 3 aromatic rings. The second kappa shape index (κ2) is 12.9. The summed E-state index contributed by atoms with van der Waals surface area (Å²) in [5, 5.41) is 0. The van der Waals surface area contributed by atoms with Gasteiger partial charge in [0.15, 0.2) is 5.78 Å². The van der Waals surface area contributed by atoms with Crippen molar-refractivity contribution in [3.8, 4) is 0 Å². The minimum atomic E-state index is -0.802. The van der Waals surface area contributed by atoms with Crippen LogP contribution in [0.4, 0.5) is 0 Å². The Balaban J connectivity index is 0.000000247. The highest BCUT2D eigenvalue weighted by Crippen LogP contribution is 2.32. The van der Waals surface area contributed by atoms with Crippen LogP contribution in [0.2, 0.25) is 0 Å². The molecule has 19 nitrogen and oxygen atoms in total. The van der Waals surface area contributed by atoms with E-state index in [0.29, 0.717) is 6.42 Å². The molecule has 0 atom stereocenters. The SMILES string of the molecule is CC1=CC(=O)CC(C)(C)C1.O=c1[nH]c(=O)[nH]c(=O)[nH]1.O=c1[nH]c(=O)[nH]c(=O)[nH]1.O=c1[nH]c(=O)[nH]c(=O)[nH]1. The van der Waals surface area contributed by atoms with Gasteiger partial charge >= 0.3 is 51.2 Å². The molecule has 1 aliphatic rings. The average molecular weight is 525 g/mol. The zero-order chi connectivity index (χ0) is 28.3. The first-order valence-electron chi connectivity index (χ1n) is 10.0. The number of carbonyl (C=O) groups is 1. The number of nitrogens with one attached hydrogen (secondary N) is 9. The van der Waals surface area contributed by atoms with E-state index >= 15 is 0 Å². The van der Waals surface area contributed by atoms with E-state index in [4.69, 9.17) is 0 Å². The third-order valence-electron chi connectivity index (χ3n) is 3.86. The van der Waals surface area contributed by atoms with E-state index in [-0.39, 0.29) is 11.2 Å². The molecule has 200 valence electrons. The molecule has 4 rings (SSSR count). The first-order chi connectivity index (χ1) is 17.0. The minimum absolute atomic E-state index is 0.204. The number of aromatic nitrogens is 9. The first kappa shape index (κ1) is 29.7. The van der Waals surface area contributed by atoms with Gasteiger partial charge in [-0.3, -0.25) is 49.7 Å². The second-order valence-corrected chi connectivity index (χ2v) is 8.06. The maximum absolute atomic E-state index is 11.0. The van der Waals surface area contributed by atoms with Crippen LogP contribution in [0.1, 0.15) is 33.6 Å². The van der Waals surface area contributed by atoms with E-state index in [1.807, 2.05) is 6.92 Å². The third kappa shape index (κ3) is 12.6. The molecular formula is C18H23N9O10. The molecule has 3 heterocycles. The monoisotopic (exact) mass is 525 g/mol. The van der Waals surface area contributed by atoms with Gasteiger partial charge in [-0.1, -0.05) is 19.4 Å². The van der Waals surface area contributed by atoms with Crippen LogP contribution in [0.5, 0.6) is 0 Å². The number of allylic oxidation sites excluding steroid dienone is 2. The molecular weight excluding hydrogens is 502 g/mol. The van der Waals surface area contributed by atoms with Crippen molar-refractivity contribution in [1.29, 1.82) is 0 Å². The van der Waals surface area contributed by atoms with Gasteiger partial charge in [-0.05, 0) is 24.8 Å². The summed E-state index contributed by atoms with van der Waals surface area (Å²) >= 11 is 0. The third-order valence-corrected chi connectivity index (χ3v) is 3.86. The lowest BCUT2D eigenvalue weighted by Crippen LogP contribution is -2.34. The fourth-order valence-electron chi connectivity index (χ4n) is 2.88. The lowest BCUT2D eigenvalue weighted by molar-refractivity contribution is -0.117. The number of aromatic amines is 9. The maximum Gasteiger partial charge on any atom is 0.330 e. The summed E-state index contributed by atoms with van der Waals surface area (Å²) in [6.07, 6.45) is 3.55. The molecule has 0 bridgehead atoms. The van der Waals surface area contributed by atoms with Gasteiger partial charge in [0.05, 0.1) is 0 Å². The van der Waals surface area contributed by atoms with Gasteiger partial charge in [0, 0.05) is 6.42 Å². The van der Waals surface area contributed by atoms with E-state index in [0.717, 1.165) is 6.42 Å². The lowest BCUT2D eigenvalue weighted by atomic mass is 9.77. The fraction of sp³-hybridized carbons (Fsp3) is 0.333. The summed E-state index contributed by atoms with van der Waals surface area (Å²) in [6.45, 7) is 6.31. The van der Waals surface area contributed by atoms with Crippen molar-refractivity contribution in [3.05, 3.63) is 106 Å². The van der Waals surface area contributed by atoms with Gasteiger partial charge in [0.25, 0.3) is 0 Å². The quantitative estimate of drug-likeness (QED) is 0.136. The van der Waals surface area contributed by atoms with Crippen molar-refractivity contribution in [2.45, 2.75) is 33.6 Å². The average Bonchev–Trinajstić information content (AvgIpc) is 2.64. The Kier molecular flexibility index (Phi) is 10.4. The molecule has 0 spiro atoms. The van der Waals surface area contributed by atoms with Gasteiger partial charge < -0.3 is 0 Å². The van der Waals surface area contributed by atoms with Crippen LogP contribution >= 0.6 is 0 Å². The van der Waals surface area contributed by atoms with Crippen molar-refractivity contribution in [2.24, 2.45) is 5.41 Å². The van der Waals surface area contributed by atoms with Gasteiger partial charge in [-0.15, -0.1) is 0 Å². The van der Waals surface area contributed by atoms with E-state index in [9.17, 15) is 47.9 Å². The zero-order valence-corrected chi connectivity index (χ0v) is 19.6. The first-order valence-corrected chi connectivity index (χ1v) is 10.0. The van der Waals surface area contributed by atoms with Crippen molar-refractivity contribution < 1.29 is 4.79 Å². The van der Waals surface area contributed by atoms with Crippen molar-refractivity contribution in [3.63, 3.8) is 0 Å². The number of H-pyrrole nitrogens is 9. The Morgan fingerprint density at radius 3 is 0.838 bits per heavy atom. The Morgan fingerprint density at radius 1 is 0.459 bits per heavy atom. The molecule has 0 saturated carbocycles. The smallest absolute Gasteiger partial charge is 0.295 e. The topological polar surface area (TPSA) is 313 Å². The van der Waals surface area contributed by atoms with Crippen molar-refractivity contribution in [1.82, 2.24) is 44.9 Å². The summed E-state index contributed by atoms with van der Waals surface area (Å²) in [5.74, 6) is 0.286. The predicted octanol–water partition coefficient (Wildman–Crippen LogP) is -4.42. The lowest BCUT2D eigenvalue weighted by Gasteiger charge is -2.27. The molecule has 3 aromatic heterocycles. The van der Waals surface area contributed by atoms with Crippen LogP contribution in [-0.4, -0.2) is 50.6 Å². The molecule has 0 aliphatic heterocycles. The minimum Gasteiger partial charge on any atom is -0.295 e. The van der Waals surface area contributed by atoms with Crippen molar-refractivity contribution >= 4 is 5.78 Å². The van der Waals surface area contributed by atoms with Gasteiger partial charge in [-0.2, -0.15) is 0 Å². The number of hydrogen-bond acceptors (Lipinski definition) is 10. The predicted molar refractivity (Wildman–Crippen MR) is 127 cm³/mol. The largest absolute Gasteiger partial charge is 0.330 e. The molecule has 19 heteroatoms. The van der Waals surface area contributed by atoms with Crippen LogP contribution in [0.25, 0.3) is 0 Å². The van der Waals surface area contributed by atoms with E-state index < -0.39 is 51.2 Å². The Bertz CT molecular complexity index is 1370. The molecule has 0 unspecified atom stereocenters. The van der Waals surface area contributed by atoms with E-state index in [2.05, 4.69) is 13.8 Å². The molecule has 0 fully saturated rings. The van der Waals surface area contributed by atoms with Crippen LogP contribution < -0.4 is 51.2 Å². The molecule has 0 amide bonds. The Morgan fingerprint density at radius 2 is 0.676 bits per heavy atom. The van der Waals surface area contributed by atoms with Crippen LogP contribution in [-0.2, 0) is 4.79 Å². The summed E-state index contributed by atoms with van der Waals surface area (Å²) < 4.78 is 0. The fourth-order valence-corrected chi connectivity index (χ4v) is 2.88. The summed E-state index contributed by atoms with van der Waals surface area (Å²) in [6, 6.07) is 0. The van der Waals surface area contributed by atoms with Crippen molar-refractivity contribution in [2.75, 3.05) is 0 Å². The highest BCUT2D eigenvalue weighted by Gasteiger charge is 2.25. The summed E-state index contributed by atoms with van der Waals surface area (Å²) in [4.78, 5) is 119. The van der Waals surface area contributed by atoms with Gasteiger partial charge in [-0.25, -0.2) is 43.2 Å². The van der Waals surface area contributed by atoms with Crippen LogP contribution in [0.15, 0.2) is 54.8 Å². The molecule has 1 aliphatic carbocycles. The van der Waals surface area contributed by atoms with Crippen LogP contribution in [0, 0.1) is 5.41 Å². The Hall–Kier alpha value is -5.36. The number of hydrogen-bond donors (Lipinski definition) is 9. The summed E-state index contributed by atoms with van der Waals surface area (Å²) in [7, 11) is 0. The molecule has 37 heavy (non-hydrogen) atoms. The van der Waals surface area contributed by atoms with E-state index in [1.54, 1.807) is 50.9 Å². The second-order valence-electron chi connectivity index (χ2n) is 8.06. The number of carbonyl (C=O) groups excluding carboxylic acids is 1. The molecule has 0 aromatic carbocycles. The molecule has 0 saturated heterocycles. The molecule has 0 radical (unpaired) electrons. The summed E-state index contributed by atoms with van der Waals surface area (Å²) in [5.41, 5.74) is -5.79. The zero-order valence-electron chi connectivity index (χ0n) is 19.6. The van der Waals surface area contributed by atoms with Crippen LogP contribution in [0.3, 0.4) is 0 Å². The maximum atomic E-state index is 11.0. The Labute approximate surface area is 201 Å². The standard InChI is InChI=1S/C9H14O.3C3H3N3O3/c1-7-4-8(10)6-9(2,3)5-7;3*7-1-4-2(8)6-3(9)5-1/h4H,5-6H2,1-3H3;3*(H3,4,5,6,7,8,9). The van der Waals surface area contributed by atoms with Gasteiger partial charge in [0.2, 0.25) is 0 Å². The highest BCUT2D eigenvalue weighted by atomic mass is 16.2. The highest BCUT2D eigenvalue weighted by molar-refractivity contribution is 5.91. The number of rotatable bonds is 0. The number of ketones is 1. The normalized spacial score (nSPS) is 13.4. The van der Waals surface area contributed by atoms with E-state index in [1.165, 1.54) is 5.57 Å². The molecule has 9 N–H and O–H groups in total. The van der Waals surface area contributed by atoms with Gasteiger partial charge in [0.1, 0.15) is 0 Å².